The fourth-order valence-corrected chi connectivity index (χ4v) is 9.57. The first kappa shape index (κ1) is 39.0. The fraction of sp³-hybridized carbons (Fsp3) is 0.537. The molecule has 12 heteroatoms. The summed E-state index contributed by atoms with van der Waals surface area (Å²) in [5.41, 5.74) is 3.25. The highest BCUT2D eigenvalue weighted by molar-refractivity contribution is 7.89. The SMILES string of the molecule is COCCCN1CCOc2ccc(CO[C@H]3CN(S(=O)(=O)c4ccc(C)cc4)[C@H](CC(C)(C)C(=O)N4CCNCC4)C[C@@H]3c3ccc(OC)cc3)cc21. The summed E-state index contributed by atoms with van der Waals surface area (Å²) in [7, 11) is -0.586. The van der Waals surface area contributed by atoms with Gasteiger partial charge in [-0.25, -0.2) is 8.42 Å². The normalized spacial score (nSPS) is 21.2. The number of hydrogen-bond donors (Lipinski definition) is 1. The highest BCUT2D eigenvalue weighted by Gasteiger charge is 2.46. The molecule has 1 amide bonds. The summed E-state index contributed by atoms with van der Waals surface area (Å²) in [4.78, 5) is 18.5. The Balaban J connectivity index is 1.32. The number of piperazine rings is 1. The number of carbonyl (C=O) groups excluding carboxylic acids is 1. The Morgan fingerprint density at radius 1 is 0.981 bits per heavy atom. The van der Waals surface area contributed by atoms with Gasteiger partial charge in [0.15, 0.2) is 0 Å². The van der Waals surface area contributed by atoms with E-state index in [1.807, 2.05) is 74.2 Å². The minimum atomic E-state index is -3.95. The Labute approximate surface area is 315 Å². The second kappa shape index (κ2) is 17.2. The van der Waals surface area contributed by atoms with Crippen molar-refractivity contribution in [3.63, 3.8) is 0 Å². The number of carbonyl (C=O) groups is 1. The van der Waals surface area contributed by atoms with Crippen molar-refractivity contribution in [1.82, 2.24) is 14.5 Å². The molecule has 6 rings (SSSR count). The highest BCUT2D eigenvalue weighted by Crippen LogP contribution is 2.42. The van der Waals surface area contributed by atoms with Crippen molar-refractivity contribution in [2.45, 2.75) is 69.6 Å². The van der Waals surface area contributed by atoms with Crippen LogP contribution in [0.1, 0.15) is 55.7 Å². The molecular weight excluding hydrogens is 693 g/mol. The first-order valence-electron chi connectivity index (χ1n) is 18.8. The van der Waals surface area contributed by atoms with Gasteiger partial charge in [-0.1, -0.05) is 49.7 Å². The van der Waals surface area contributed by atoms with Crippen molar-refractivity contribution in [1.29, 1.82) is 0 Å². The number of nitrogens with zero attached hydrogens (tertiary/aromatic N) is 3. The molecule has 3 aromatic carbocycles. The molecule has 2 saturated heterocycles. The van der Waals surface area contributed by atoms with Crippen molar-refractivity contribution in [3.8, 4) is 11.5 Å². The van der Waals surface area contributed by atoms with Gasteiger partial charge in [-0.05, 0) is 73.7 Å². The van der Waals surface area contributed by atoms with Crippen LogP contribution < -0.4 is 19.7 Å². The van der Waals surface area contributed by atoms with Crippen molar-refractivity contribution >= 4 is 21.6 Å². The van der Waals surface area contributed by atoms with Crippen LogP contribution in [0.3, 0.4) is 0 Å². The largest absolute Gasteiger partial charge is 0.497 e. The van der Waals surface area contributed by atoms with Crippen LogP contribution in [-0.4, -0.2) is 109 Å². The van der Waals surface area contributed by atoms with E-state index in [9.17, 15) is 13.2 Å². The lowest BCUT2D eigenvalue weighted by atomic mass is 9.77. The molecule has 0 aromatic heterocycles. The van der Waals surface area contributed by atoms with E-state index in [0.29, 0.717) is 45.8 Å². The second-order valence-electron chi connectivity index (χ2n) is 15.1. The first-order valence-corrected chi connectivity index (χ1v) is 20.3. The zero-order chi connectivity index (χ0) is 37.6. The zero-order valence-corrected chi connectivity index (χ0v) is 32.7. The standard InChI is InChI=1S/C41H56N4O7S/c1-30-7-14-35(15-8-30)53(47,48)45-28-39(52-29-31-9-16-38-37(25-31)43(22-24-51-38)19-6-23-49-4)36(32-10-12-34(50-5)13-11-32)26-33(45)27-41(2,3)40(46)44-20-17-42-18-21-44/h7-16,25,33,36,39,42H,6,17-24,26-29H2,1-5H3/t33-,36+,39-/m0/s1. The molecule has 0 bridgehead atoms. The molecule has 3 atom stereocenters. The molecule has 3 aromatic rings. The van der Waals surface area contributed by atoms with Crippen LogP contribution >= 0.6 is 0 Å². The van der Waals surface area contributed by atoms with Crippen LogP contribution in [0.4, 0.5) is 5.69 Å². The number of ether oxygens (including phenoxy) is 4. The van der Waals surface area contributed by atoms with Crippen LogP contribution in [0.15, 0.2) is 71.6 Å². The van der Waals surface area contributed by atoms with Gasteiger partial charge in [0, 0.05) is 70.4 Å². The Kier molecular flexibility index (Phi) is 12.7. The molecule has 0 unspecified atom stereocenters. The average Bonchev–Trinajstić information content (AvgIpc) is 3.17. The maximum absolute atomic E-state index is 14.6. The minimum absolute atomic E-state index is 0.0544. The van der Waals surface area contributed by atoms with E-state index >= 15 is 0 Å². The monoisotopic (exact) mass is 748 g/mol. The van der Waals surface area contributed by atoms with Gasteiger partial charge in [0.05, 0.1) is 36.9 Å². The minimum Gasteiger partial charge on any atom is -0.497 e. The third kappa shape index (κ3) is 9.17. The van der Waals surface area contributed by atoms with Gasteiger partial charge in [0.2, 0.25) is 15.9 Å². The number of amides is 1. The summed E-state index contributed by atoms with van der Waals surface area (Å²) in [5.74, 6) is 1.52. The Bertz CT molecular complexity index is 1780. The van der Waals surface area contributed by atoms with Gasteiger partial charge in [-0.2, -0.15) is 4.31 Å². The van der Waals surface area contributed by atoms with Crippen molar-refractivity contribution in [2.75, 3.05) is 78.1 Å². The molecule has 53 heavy (non-hydrogen) atoms. The molecule has 0 radical (unpaired) electrons. The number of piperidine rings is 1. The molecule has 0 spiro atoms. The predicted molar refractivity (Wildman–Crippen MR) is 206 cm³/mol. The third-order valence-electron chi connectivity index (χ3n) is 10.9. The summed E-state index contributed by atoms with van der Waals surface area (Å²) in [6.45, 7) is 12.1. The van der Waals surface area contributed by atoms with Gasteiger partial charge < -0.3 is 34.1 Å². The third-order valence-corrected chi connectivity index (χ3v) is 12.8. The predicted octanol–water partition coefficient (Wildman–Crippen LogP) is 5.22. The van der Waals surface area contributed by atoms with E-state index in [2.05, 4.69) is 16.3 Å². The number of rotatable bonds is 14. The second-order valence-corrected chi connectivity index (χ2v) is 17.0. The summed E-state index contributed by atoms with van der Waals surface area (Å²) in [6, 6.07) is 20.7. The lowest BCUT2D eigenvalue weighted by molar-refractivity contribution is -0.142. The fourth-order valence-electron chi connectivity index (χ4n) is 7.93. The van der Waals surface area contributed by atoms with Crippen LogP contribution in [0, 0.1) is 12.3 Å². The molecule has 3 aliphatic rings. The highest BCUT2D eigenvalue weighted by atomic mass is 32.2. The number of hydrogen-bond acceptors (Lipinski definition) is 9. The molecule has 2 fully saturated rings. The summed E-state index contributed by atoms with van der Waals surface area (Å²) in [5, 5.41) is 3.32. The summed E-state index contributed by atoms with van der Waals surface area (Å²) >= 11 is 0. The average molecular weight is 749 g/mol. The smallest absolute Gasteiger partial charge is 0.243 e. The Hall–Kier alpha value is -3.68. The lowest BCUT2D eigenvalue weighted by Gasteiger charge is -2.46. The molecule has 0 saturated carbocycles. The van der Waals surface area contributed by atoms with Gasteiger partial charge in [0.25, 0.3) is 0 Å². The van der Waals surface area contributed by atoms with Crippen molar-refractivity contribution < 1.29 is 32.2 Å². The Morgan fingerprint density at radius 2 is 1.72 bits per heavy atom. The Morgan fingerprint density at radius 3 is 2.42 bits per heavy atom. The number of sulfonamides is 1. The number of anilines is 1. The molecule has 0 aliphatic carbocycles. The molecular formula is C41H56N4O7S. The molecule has 11 nitrogen and oxygen atoms in total. The molecule has 3 aliphatic heterocycles. The van der Waals surface area contributed by atoms with E-state index < -0.39 is 27.6 Å². The van der Waals surface area contributed by atoms with E-state index in [1.54, 1.807) is 30.7 Å². The summed E-state index contributed by atoms with van der Waals surface area (Å²) in [6.07, 6.45) is 1.32. The number of benzene rings is 3. The van der Waals surface area contributed by atoms with E-state index in [4.69, 9.17) is 18.9 Å². The lowest BCUT2D eigenvalue weighted by Crippen LogP contribution is -2.56. The number of methoxy groups -OCH3 is 2. The van der Waals surface area contributed by atoms with Gasteiger partial charge in [-0.3, -0.25) is 4.79 Å². The quantitative estimate of drug-likeness (QED) is 0.222. The number of fused-ring (bicyclic) bond motifs is 1. The van der Waals surface area contributed by atoms with Gasteiger partial charge >= 0.3 is 0 Å². The van der Waals surface area contributed by atoms with E-state index in [0.717, 1.165) is 66.5 Å². The van der Waals surface area contributed by atoms with E-state index in [-0.39, 0.29) is 23.3 Å². The van der Waals surface area contributed by atoms with E-state index in [1.165, 1.54) is 0 Å². The van der Waals surface area contributed by atoms with Gasteiger partial charge in [-0.15, -0.1) is 0 Å². The summed E-state index contributed by atoms with van der Waals surface area (Å²) < 4.78 is 54.5. The van der Waals surface area contributed by atoms with Crippen LogP contribution in [0.25, 0.3) is 0 Å². The molecule has 288 valence electrons. The van der Waals surface area contributed by atoms with Gasteiger partial charge in [0.1, 0.15) is 18.1 Å². The zero-order valence-electron chi connectivity index (χ0n) is 31.9. The number of nitrogens with one attached hydrogen (secondary N) is 1. The number of aryl methyl sites for hydroxylation is 1. The first-order chi connectivity index (χ1) is 25.5. The maximum atomic E-state index is 14.6. The molecule has 3 heterocycles. The molecule has 1 N–H and O–H groups in total. The van der Waals surface area contributed by atoms with Crippen molar-refractivity contribution in [3.05, 3.63) is 83.4 Å². The van der Waals surface area contributed by atoms with Crippen LogP contribution in [0.5, 0.6) is 11.5 Å². The maximum Gasteiger partial charge on any atom is 0.243 e. The van der Waals surface area contributed by atoms with Crippen LogP contribution in [0.2, 0.25) is 0 Å². The van der Waals surface area contributed by atoms with Crippen molar-refractivity contribution in [2.24, 2.45) is 5.41 Å². The van der Waals surface area contributed by atoms with Crippen LogP contribution in [-0.2, 0) is 30.9 Å². The topological polar surface area (TPSA) is 110 Å².